The van der Waals surface area contributed by atoms with Crippen molar-refractivity contribution in [2.75, 3.05) is 31.3 Å². The van der Waals surface area contributed by atoms with Crippen LogP contribution in [0.25, 0.3) is 11.1 Å². The van der Waals surface area contributed by atoms with Gasteiger partial charge in [0.05, 0.1) is 31.1 Å². The summed E-state index contributed by atoms with van der Waals surface area (Å²) in [6, 6.07) is 9.08. The predicted octanol–water partition coefficient (Wildman–Crippen LogP) is 1.29. The van der Waals surface area contributed by atoms with Crippen molar-refractivity contribution in [1.29, 1.82) is 0 Å². The molecule has 1 aliphatic rings. The van der Waals surface area contributed by atoms with E-state index < -0.39 is 11.7 Å². The SMILES string of the molecule is O=C1C(=O)N(CCOCCO)c2ccc(-c3cccnc3)cc21. The molecule has 0 saturated heterocycles. The fourth-order valence-electron chi connectivity index (χ4n) is 2.56. The van der Waals surface area contributed by atoms with Gasteiger partial charge in [0.15, 0.2) is 0 Å². The summed E-state index contributed by atoms with van der Waals surface area (Å²) < 4.78 is 5.17. The normalized spacial score (nSPS) is 13.5. The van der Waals surface area contributed by atoms with E-state index in [4.69, 9.17) is 9.84 Å². The first-order valence-electron chi connectivity index (χ1n) is 7.31. The number of amides is 1. The molecule has 1 aliphatic heterocycles. The van der Waals surface area contributed by atoms with Gasteiger partial charge in [0.2, 0.25) is 0 Å². The van der Waals surface area contributed by atoms with Gasteiger partial charge in [-0.3, -0.25) is 14.6 Å². The van der Waals surface area contributed by atoms with E-state index in [0.717, 1.165) is 11.1 Å². The van der Waals surface area contributed by atoms with Crippen molar-refractivity contribution >= 4 is 17.4 Å². The predicted molar refractivity (Wildman–Crippen MR) is 84.3 cm³/mol. The lowest BCUT2D eigenvalue weighted by molar-refractivity contribution is -0.114. The summed E-state index contributed by atoms with van der Waals surface area (Å²) in [7, 11) is 0. The molecule has 23 heavy (non-hydrogen) atoms. The van der Waals surface area contributed by atoms with Crippen molar-refractivity contribution in [3.05, 3.63) is 48.3 Å². The van der Waals surface area contributed by atoms with Crippen LogP contribution < -0.4 is 4.90 Å². The molecule has 0 aliphatic carbocycles. The Morgan fingerprint density at radius 3 is 2.74 bits per heavy atom. The van der Waals surface area contributed by atoms with Crippen LogP contribution in [0.3, 0.4) is 0 Å². The maximum Gasteiger partial charge on any atom is 0.299 e. The molecule has 1 N–H and O–H groups in total. The van der Waals surface area contributed by atoms with Gasteiger partial charge in [0.1, 0.15) is 0 Å². The fourth-order valence-corrected chi connectivity index (χ4v) is 2.56. The van der Waals surface area contributed by atoms with E-state index in [1.165, 1.54) is 4.90 Å². The number of nitrogens with zero attached hydrogens (tertiary/aromatic N) is 2. The lowest BCUT2D eigenvalue weighted by atomic mass is 10.0. The molecule has 3 rings (SSSR count). The number of aliphatic hydroxyl groups excluding tert-OH is 1. The largest absolute Gasteiger partial charge is 0.394 e. The van der Waals surface area contributed by atoms with Gasteiger partial charge in [0.25, 0.3) is 11.7 Å². The van der Waals surface area contributed by atoms with Crippen molar-refractivity contribution in [3.63, 3.8) is 0 Å². The first kappa shape index (κ1) is 15.3. The maximum atomic E-state index is 12.2. The van der Waals surface area contributed by atoms with Crippen molar-refractivity contribution in [2.24, 2.45) is 0 Å². The molecule has 0 radical (unpaired) electrons. The molecule has 0 unspecified atom stereocenters. The Labute approximate surface area is 133 Å². The van der Waals surface area contributed by atoms with Crippen molar-refractivity contribution in [2.45, 2.75) is 0 Å². The van der Waals surface area contributed by atoms with Crippen LogP contribution in [0, 0.1) is 0 Å². The van der Waals surface area contributed by atoms with Gasteiger partial charge in [-0.05, 0) is 23.8 Å². The third-order valence-electron chi connectivity index (χ3n) is 3.66. The highest BCUT2D eigenvalue weighted by Crippen LogP contribution is 2.32. The highest BCUT2D eigenvalue weighted by Gasteiger charge is 2.35. The lowest BCUT2D eigenvalue weighted by Crippen LogP contribution is -2.33. The third-order valence-corrected chi connectivity index (χ3v) is 3.66. The number of aromatic nitrogens is 1. The molecular weight excluding hydrogens is 296 g/mol. The molecule has 0 saturated carbocycles. The van der Waals surface area contributed by atoms with E-state index in [0.29, 0.717) is 11.3 Å². The van der Waals surface area contributed by atoms with Crippen LogP contribution in [0.2, 0.25) is 0 Å². The highest BCUT2D eigenvalue weighted by atomic mass is 16.5. The highest BCUT2D eigenvalue weighted by molar-refractivity contribution is 6.52. The summed E-state index contributed by atoms with van der Waals surface area (Å²) in [6.07, 6.45) is 3.39. The van der Waals surface area contributed by atoms with Gasteiger partial charge >= 0.3 is 0 Å². The van der Waals surface area contributed by atoms with Crippen LogP contribution in [0.15, 0.2) is 42.7 Å². The monoisotopic (exact) mass is 312 g/mol. The number of fused-ring (bicyclic) bond motifs is 1. The van der Waals surface area contributed by atoms with Gasteiger partial charge in [-0.25, -0.2) is 0 Å². The minimum absolute atomic E-state index is 0.0715. The van der Waals surface area contributed by atoms with Crippen LogP contribution in [-0.4, -0.2) is 48.1 Å². The van der Waals surface area contributed by atoms with Gasteiger partial charge in [-0.1, -0.05) is 12.1 Å². The summed E-state index contributed by atoms with van der Waals surface area (Å²) in [5.41, 5.74) is 2.73. The smallest absolute Gasteiger partial charge is 0.299 e. The lowest BCUT2D eigenvalue weighted by Gasteiger charge is -2.16. The quantitative estimate of drug-likeness (QED) is 0.642. The van der Waals surface area contributed by atoms with Crippen LogP contribution >= 0.6 is 0 Å². The van der Waals surface area contributed by atoms with Crippen molar-refractivity contribution in [3.8, 4) is 11.1 Å². The fraction of sp³-hybridized carbons (Fsp3) is 0.235. The zero-order valence-corrected chi connectivity index (χ0v) is 12.4. The average Bonchev–Trinajstić information content (AvgIpc) is 2.84. The number of carbonyl (C=O) groups excluding carboxylic acids is 2. The molecule has 6 nitrogen and oxygen atoms in total. The number of benzene rings is 1. The molecule has 0 bridgehead atoms. The molecule has 0 spiro atoms. The molecule has 1 aromatic carbocycles. The van der Waals surface area contributed by atoms with Gasteiger partial charge in [-0.15, -0.1) is 0 Å². The number of anilines is 1. The third kappa shape index (κ3) is 2.99. The van der Waals surface area contributed by atoms with Crippen molar-refractivity contribution in [1.82, 2.24) is 4.98 Å². The maximum absolute atomic E-state index is 12.2. The second-order valence-electron chi connectivity index (χ2n) is 5.10. The number of hydrogen-bond donors (Lipinski definition) is 1. The second kappa shape index (κ2) is 6.68. The zero-order chi connectivity index (χ0) is 16.2. The molecular formula is C17H16N2O4. The van der Waals surface area contributed by atoms with E-state index in [1.807, 2.05) is 18.2 Å². The van der Waals surface area contributed by atoms with Crippen LogP contribution in [0.4, 0.5) is 5.69 Å². The number of aliphatic hydroxyl groups is 1. The minimum atomic E-state index is -0.545. The first-order chi connectivity index (χ1) is 11.2. The summed E-state index contributed by atoms with van der Waals surface area (Å²) in [6.45, 7) is 0.688. The summed E-state index contributed by atoms with van der Waals surface area (Å²) >= 11 is 0. The Morgan fingerprint density at radius 2 is 2.00 bits per heavy atom. The standard InChI is InChI=1S/C17H16N2O4/c20-7-9-23-8-6-19-15-4-3-12(13-2-1-5-18-11-13)10-14(15)16(21)17(19)22/h1-5,10-11,20H,6-9H2. The topological polar surface area (TPSA) is 79.7 Å². The number of hydrogen-bond acceptors (Lipinski definition) is 5. The number of carbonyl (C=O) groups is 2. The summed E-state index contributed by atoms with van der Waals surface area (Å²) in [5.74, 6) is -1.05. The van der Waals surface area contributed by atoms with E-state index in [-0.39, 0.29) is 26.4 Å². The Bertz CT molecular complexity index is 731. The summed E-state index contributed by atoms with van der Waals surface area (Å²) in [4.78, 5) is 29.8. The molecule has 6 heteroatoms. The molecule has 0 fully saturated rings. The van der Waals surface area contributed by atoms with E-state index in [2.05, 4.69) is 4.98 Å². The Kier molecular flexibility index (Phi) is 4.45. The van der Waals surface area contributed by atoms with Crippen LogP contribution in [0.5, 0.6) is 0 Å². The molecule has 2 heterocycles. The van der Waals surface area contributed by atoms with Gasteiger partial charge in [-0.2, -0.15) is 0 Å². The first-order valence-corrected chi connectivity index (χ1v) is 7.31. The van der Waals surface area contributed by atoms with E-state index >= 15 is 0 Å². The molecule has 2 aromatic rings. The average molecular weight is 312 g/mol. The number of rotatable bonds is 6. The molecule has 0 atom stereocenters. The number of ether oxygens (including phenoxy) is 1. The Balaban J connectivity index is 1.85. The van der Waals surface area contributed by atoms with Crippen LogP contribution in [-0.2, 0) is 9.53 Å². The minimum Gasteiger partial charge on any atom is -0.394 e. The van der Waals surface area contributed by atoms with Gasteiger partial charge < -0.3 is 14.7 Å². The number of pyridine rings is 1. The number of ketones is 1. The molecule has 1 amide bonds. The summed E-state index contributed by atoms with van der Waals surface area (Å²) in [5, 5.41) is 8.68. The Morgan fingerprint density at radius 1 is 1.13 bits per heavy atom. The number of Topliss-reactive ketones (excluding diaryl/α,β-unsaturated/α-hetero) is 1. The van der Waals surface area contributed by atoms with E-state index in [1.54, 1.807) is 24.5 Å². The van der Waals surface area contributed by atoms with Gasteiger partial charge in [0, 0.05) is 24.5 Å². The molecule has 118 valence electrons. The zero-order valence-electron chi connectivity index (χ0n) is 12.4. The Hall–Kier alpha value is -2.57. The second-order valence-corrected chi connectivity index (χ2v) is 5.10. The van der Waals surface area contributed by atoms with E-state index in [9.17, 15) is 9.59 Å². The molecule has 1 aromatic heterocycles. The van der Waals surface area contributed by atoms with Crippen molar-refractivity contribution < 1.29 is 19.4 Å². The van der Waals surface area contributed by atoms with Crippen LogP contribution in [0.1, 0.15) is 10.4 Å².